The van der Waals surface area contributed by atoms with E-state index in [1.165, 1.54) is 6.07 Å². The van der Waals surface area contributed by atoms with Crippen molar-refractivity contribution in [2.75, 3.05) is 27.2 Å². The van der Waals surface area contributed by atoms with Crippen LogP contribution in [0.15, 0.2) is 18.2 Å². The van der Waals surface area contributed by atoms with E-state index in [-0.39, 0.29) is 5.56 Å². The third kappa shape index (κ3) is 4.40. The van der Waals surface area contributed by atoms with E-state index in [0.717, 1.165) is 25.1 Å². The Morgan fingerprint density at radius 1 is 1.39 bits per heavy atom. The normalized spacial score (nSPS) is 12.4. The molecule has 98 valence electrons. The first-order valence-corrected chi connectivity index (χ1v) is 5.77. The van der Waals surface area contributed by atoms with Gasteiger partial charge in [0.05, 0.1) is 6.07 Å². The first-order valence-electron chi connectivity index (χ1n) is 5.77. The molecule has 0 bridgehead atoms. The van der Waals surface area contributed by atoms with Gasteiger partial charge in [-0.1, -0.05) is 6.07 Å². The molecule has 0 spiro atoms. The molecule has 1 rings (SSSR count). The predicted octanol–water partition coefficient (Wildman–Crippen LogP) is 2.07. The van der Waals surface area contributed by atoms with E-state index in [4.69, 9.17) is 5.26 Å². The quantitative estimate of drug-likeness (QED) is 0.789. The summed E-state index contributed by atoms with van der Waals surface area (Å²) < 4.78 is 26.2. The highest BCUT2D eigenvalue weighted by Crippen LogP contribution is 2.17. The van der Waals surface area contributed by atoms with Crippen molar-refractivity contribution in [3.63, 3.8) is 0 Å². The van der Waals surface area contributed by atoms with Gasteiger partial charge < -0.3 is 4.90 Å². The second-order valence-corrected chi connectivity index (χ2v) is 4.34. The summed E-state index contributed by atoms with van der Waals surface area (Å²) in [5.41, 5.74) is 0.184. The molecule has 0 saturated carbocycles. The minimum Gasteiger partial charge on any atom is -0.309 e. The second-order valence-electron chi connectivity index (χ2n) is 4.34. The lowest BCUT2D eigenvalue weighted by Crippen LogP contribution is -2.25. The summed E-state index contributed by atoms with van der Waals surface area (Å²) in [5.74, 6) is -1.33. The average Bonchev–Trinajstić information content (AvgIpc) is 2.30. The fourth-order valence-electron chi connectivity index (χ4n) is 1.60. The lowest BCUT2D eigenvalue weighted by atomic mass is 10.1. The molecule has 1 aromatic rings. The van der Waals surface area contributed by atoms with Gasteiger partial charge in [-0.15, -0.1) is 0 Å². The summed E-state index contributed by atoms with van der Waals surface area (Å²) in [5, 5.41) is 11.9. The summed E-state index contributed by atoms with van der Waals surface area (Å²) in [6.07, 6.45) is 0.855. The number of nitriles is 1. The van der Waals surface area contributed by atoms with Crippen LogP contribution in [0.4, 0.5) is 8.78 Å². The molecular formula is C13H17F2N3. The summed E-state index contributed by atoms with van der Waals surface area (Å²) in [6.45, 7) is 1.49. The molecule has 1 N–H and O–H groups in total. The number of nitrogens with one attached hydrogen (secondary N) is 1. The van der Waals surface area contributed by atoms with Crippen molar-refractivity contribution in [1.82, 2.24) is 10.2 Å². The molecule has 5 heteroatoms. The monoisotopic (exact) mass is 253 g/mol. The van der Waals surface area contributed by atoms with Crippen LogP contribution in [0.2, 0.25) is 0 Å². The Bertz CT molecular complexity index is 427. The van der Waals surface area contributed by atoms with Gasteiger partial charge in [-0.3, -0.25) is 5.32 Å². The Kier molecular flexibility index (Phi) is 5.69. The number of nitrogens with zero attached hydrogens (tertiary/aromatic N) is 2. The van der Waals surface area contributed by atoms with Gasteiger partial charge in [0.25, 0.3) is 0 Å². The molecule has 1 aromatic carbocycles. The first kappa shape index (κ1) is 14.6. The van der Waals surface area contributed by atoms with E-state index >= 15 is 0 Å². The maximum absolute atomic E-state index is 13.5. The van der Waals surface area contributed by atoms with Crippen molar-refractivity contribution in [3.05, 3.63) is 35.4 Å². The summed E-state index contributed by atoms with van der Waals surface area (Å²) >= 11 is 0. The van der Waals surface area contributed by atoms with E-state index < -0.39 is 17.7 Å². The summed E-state index contributed by atoms with van der Waals surface area (Å²) in [6, 6.07) is 4.49. The van der Waals surface area contributed by atoms with E-state index in [0.29, 0.717) is 6.54 Å². The lowest BCUT2D eigenvalue weighted by molar-refractivity contribution is 0.391. The number of halogens is 2. The molecule has 0 amide bonds. The van der Waals surface area contributed by atoms with Crippen LogP contribution in [0.3, 0.4) is 0 Å². The Hall–Kier alpha value is -1.51. The van der Waals surface area contributed by atoms with Crippen molar-refractivity contribution in [3.8, 4) is 6.07 Å². The molecule has 0 heterocycles. The Morgan fingerprint density at radius 3 is 2.67 bits per heavy atom. The zero-order valence-corrected chi connectivity index (χ0v) is 10.6. The van der Waals surface area contributed by atoms with Crippen molar-refractivity contribution in [1.29, 1.82) is 5.26 Å². The topological polar surface area (TPSA) is 39.1 Å². The lowest BCUT2D eigenvalue weighted by Gasteiger charge is -2.14. The van der Waals surface area contributed by atoms with Crippen LogP contribution in [-0.2, 0) is 0 Å². The van der Waals surface area contributed by atoms with Crippen molar-refractivity contribution in [2.24, 2.45) is 0 Å². The third-order valence-corrected chi connectivity index (χ3v) is 2.53. The van der Waals surface area contributed by atoms with Crippen LogP contribution in [0.5, 0.6) is 0 Å². The highest BCUT2D eigenvalue weighted by atomic mass is 19.1. The highest BCUT2D eigenvalue weighted by Gasteiger charge is 2.14. The zero-order chi connectivity index (χ0) is 13.5. The van der Waals surface area contributed by atoms with Gasteiger partial charge in [-0.05, 0) is 39.7 Å². The second kappa shape index (κ2) is 7.04. The molecule has 0 fully saturated rings. The summed E-state index contributed by atoms with van der Waals surface area (Å²) in [4.78, 5) is 2.03. The van der Waals surface area contributed by atoms with E-state index in [2.05, 4.69) is 5.32 Å². The molecule has 3 nitrogen and oxygen atoms in total. The van der Waals surface area contributed by atoms with E-state index in [1.807, 2.05) is 25.1 Å². The van der Waals surface area contributed by atoms with Crippen LogP contribution >= 0.6 is 0 Å². The van der Waals surface area contributed by atoms with Crippen molar-refractivity contribution in [2.45, 2.75) is 12.5 Å². The van der Waals surface area contributed by atoms with Crippen molar-refractivity contribution < 1.29 is 8.78 Å². The third-order valence-electron chi connectivity index (χ3n) is 2.53. The highest BCUT2D eigenvalue weighted by molar-refractivity contribution is 5.26. The maximum Gasteiger partial charge on any atom is 0.131 e. The molecule has 18 heavy (non-hydrogen) atoms. The molecule has 0 radical (unpaired) electrons. The fourth-order valence-corrected chi connectivity index (χ4v) is 1.60. The molecule has 0 aliphatic rings. The van der Waals surface area contributed by atoms with Gasteiger partial charge in [0.15, 0.2) is 0 Å². The van der Waals surface area contributed by atoms with Gasteiger partial charge in [-0.2, -0.15) is 5.26 Å². The maximum atomic E-state index is 13.5. The Labute approximate surface area is 106 Å². The largest absolute Gasteiger partial charge is 0.309 e. The van der Waals surface area contributed by atoms with E-state index in [1.54, 1.807) is 0 Å². The number of rotatable bonds is 6. The van der Waals surface area contributed by atoms with Gasteiger partial charge in [0, 0.05) is 11.6 Å². The van der Waals surface area contributed by atoms with Crippen LogP contribution < -0.4 is 5.32 Å². The van der Waals surface area contributed by atoms with Crippen LogP contribution in [0.1, 0.15) is 18.0 Å². The van der Waals surface area contributed by atoms with Gasteiger partial charge in [0.2, 0.25) is 0 Å². The summed E-state index contributed by atoms with van der Waals surface area (Å²) in [7, 11) is 3.92. The van der Waals surface area contributed by atoms with Crippen LogP contribution in [0.25, 0.3) is 0 Å². The Balaban J connectivity index is 2.58. The zero-order valence-electron chi connectivity index (χ0n) is 10.6. The molecule has 0 aliphatic carbocycles. The molecule has 1 atom stereocenters. The average molecular weight is 253 g/mol. The molecule has 0 aliphatic heterocycles. The van der Waals surface area contributed by atoms with Gasteiger partial charge in [0.1, 0.15) is 17.7 Å². The number of hydrogen-bond acceptors (Lipinski definition) is 3. The van der Waals surface area contributed by atoms with Crippen molar-refractivity contribution >= 4 is 0 Å². The first-order chi connectivity index (χ1) is 8.54. The van der Waals surface area contributed by atoms with Gasteiger partial charge in [-0.25, -0.2) is 8.78 Å². The minimum atomic E-state index is -0.743. The molecular weight excluding hydrogens is 236 g/mol. The fraction of sp³-hybridized carbons (Fsp3) is 0.462. The molecule has 0 saturated heterocycles. The smallest absolute Gasteiger partial charge is 0.131 e. The predicted molar refractivity (Wildman–Crippen MR) is 65.9 cm³/mol. The SMILES string of the molecule is CN(C)CCCNC(C#N)c1ccc(F)cc1F. The van der Waals surface area contributed by atoms with E-state index in [9.17, 15) is 8.78 Å². The number of hydrogen-bond donors (Lipinski definition) is 1. The standard InChI is InChI=1S/C13H17F2N3/c1-18(2)7-3-6-17-13(9-16)11-5-4-10(14)8-12(11)15/h4-5,8,13,17H,3,6-7H2,1-2H3. The van der Waals surface area contributed by atoms with Crippen LogP contribution in [0, 0.1) is 23.0 Å². The molecule has 1 unspecified atom stereocenters. The van der Waals surface area contributed by atoms with Gasteiger partial charge >= 0.3 is 0 Å². The number of benzene rings is 1. The molecule has 0 aromatic heterocycles. The Morgan fingerprint density at radius 2 is 2.11 bits per heavy atom. The van der Waals surface area contributed by atoms with Crippen LogP contribution in [-0.4, -0.2) is 32.1 Å². The minimum absolute atomic E-state index is 0.184.